The first-order chi connectivity index (χ1) is 16.6. The van der Waals surface area contributed by atoms with Crippen LogP contribution in [0.1, 0.15) is 36.1 Å². The van der Waals surface area contributed by atoms with Gasteiger partial charge >= 0.3 is 0 Å². The first-order valence-corrected chi connectivity index (χ1v) is 11.3. The lowest BCUT2D eigenvalue weighted by atomic mass is 9.90. The fourth-order valence-electron chi connectivity index (χ4n) is 4.51. The monoisotopic (exact) mass is 458 g/mol. The van der Waals surface area contributed by atoms with E-state index in [4.69, 9.17) is 14.2 Å². The molecule has 0 aliphatic carbocycles. The van der Waals surface area contributed by atoms with Gasteiger partial charge in [-0.25, -0.2) is 0 Å². The molecule has 0 fully saturated rings. The Morgan fingerprint density at radius 3 is 2.76 bits per heavy atom. The Morgan fingerprint density at radius 2 is 1.88 bits per heavy atom. The van der Waals surface area contributed by atoms with Gasteiger partial charge in [-0.15, -0.1) is 0 Å². The molecule has 7 nitrogen and oxygen atoms in total. The number of rotatable bonds is 6. The van der Waals surface area contributed by atoms with Crippen molar-refractivity contribution in [3.63, 3.8) is 0 Å². The number of anilines is 1. The molecule has 2 heterocycles. The summed E-state index contributed by atoms with van der Waals surface area (Å²) in [5.74, 6) is 1.90. The summed E-state index contributed by atoms with van der Waals surface area (Å²) in [6.07, 6.45) is 1.01. The third-order valence-electron chi connectivity index (χ3n) is 6.16. The molecule has 7 heteroatoms. The van der Waals surface area contributed by atoms with Gasteiger partial charge in [0.1, 0.15) is 12.4 Å². The van der Waals surface area contributed by atoms with Crippen LogP contribution in [0.25, 0.3) is 0 Å². The van der Waals surface area contributed by atoms with Crippen molar-refractivity contribution in [3.05, 3.63) is 83.4 Å². The molecular weight excluding hydrogens is 432 g/mol. The molecule has 174 valence electrons. The topological polar surface area (TPSA) is 77.1 Å². The zero-order valence-electron chi connectivity index (χ0n) is 19.0. The predicted octanol–water partition coefficient (Wildman–Crippen LogP) is 4.47. The standard InChI is InChI=1S/C27H26N2O5/c1-18(30)29-12-11-20-6-2-3-8-23(20)24(29)15-27(31)28-21-7-4-5-19(13-21)16-32-22-9-10-25-26(14-22)34-17-33-25/h2-10,13-14,24H,11-12,15-17H2,1H3,(H,28,31). The van der Waals surface area contributed by atoms with Crippen LogP contribution < -0.4 is 19.5 Å². The summed E-state index contributed by atoms with van der Waals surface area (Å²) in [4.78, 5) is 27.0. The zero-order chi connectivity index (χ0) is 23.5. The van der Waals surface area contributed by atoms with E-state index in [1.165, 1.54) is 5.56 Å². The second kappa shape index (κ2) is 9.47. The molecule has 0 radical (unpaired) electrons. The van der Waals surface area contributed by atoms with E-state index in [1.54, 1.807) is 17.9 Å². The van der Waals surface area contributed by atoms with Crippen LogP contribution in [-0.2, 0) is 22.6 Å². The Hall–Kier alpha value is -4.00. The molecule has 1 N–H and O–H groups in total. The molecule has 0 bridgehead atoms. The number of nitrogens with one attached hydrogen (secondary N) is 1. The number of hydrogen-bond donors (Lipinski definition) is 1. The molecule has 2 aliphatic heterocycles. The highest BCUT2D eigenvalue weighted by atomic mass is 16.7. The van der Waals surface area contributed by atoms with Crippen LogP contribution in [0, 0.1) is 0 Å². The van der Waals surface area contributed by atoms with Gasteiger partial charge in [-0.2, -0.15) is 0 Å². The Morgan fingerprint density at radius 1 is 1.03 bits per heavy atom. The van der Waals surface area contributed by atoms with Crippen LogP contribution in [0.15, 0.2) is 66.7 Å². The number of fused-ring (bicyclic) bond motifs is 2. The maximum Gasteiger partial charge on any atom is 0.231 e. The van der Waals surface area contributed by atoms with Crippen molar-refractivity contribution in [3.8, 4) is 17.2 Å². The van der Waals surface area contributed by atoms with Gasteiger partial charge < -0.3 is 24.4 Å². The summed E-state index contributed by atoms with van der Waals surface area (Å²) in [7, 11) is 0. The van der Waals surface area contributed by atoms with Crippen molar-refractivity contribution >= 4 is 17.5 Å². The molecule has 5 rings (SSSR count). The van der Waals surface area contributed by atoms with Gasteiger partial charge in [0, 0.05) is 25.2 Å². The minimum atomic E-state index is -0.264. The lowest BCUT2D eigenvalue weighted by molar-refractivity contribution is -0.132. The largest absolute Gasteiger partial charge is 0.489 e. The van der Waals surface area contributed by atoms with Crippen LogP contribution >= 0.6 is 0 Å². The molecule has 1 unspecified atom stereocenters. The van der Waals surface area contributed by atoms with E-state index in [0.717, 1.165) is 17.5 Å². The first-order valence-electron chi connectivity index (χ1n) is 11.3. The fraction of sp³-hybridized carbons (Fsp3) is 0.259. The van der Waals surface area contributed by atoms with E-state index >= 15 is 0 Å². The van der Waals surface area contributed by atoms with Crippen molar-refractivity contribution in [1.82, 2.24) is 4.90 Å². The average Bonchev–Trinajstić information content (AvgIpc) is 3.31. The third-order valence-corrected chi connectivity index (χ3v) is 6.16. The van der Waals surface area contributed by atoms with E-state index < -0.39 is 0 Å². The SMILES string of the molecule is CC(=O)N1CCc2ccccc2C1CC(=O)Nc1cccc(COc2ccc3c(c2)OCO3)c1. The third kappa shape index (κ3) is 4.69. The molecule has 1 atom stereocenters. The molecule has 0 aromatic heterocycles. The maximum atomic E-state index is 13.0. The number of benzene rings is 3. The fourth-order valence-corrected chi connectivity index (χ4v) is 4.51. The Balaban J connectivity index is 1.23. The van der Waals surface area contributed by atoms with E-state index in [9.17, 15) is 9.59 Å². The maximum absolute atomic E-state index is 13.0. The quantitative estimate of drug-likeness (QED) is 0.590. The summed E-state index contributed by atoms with van der Waals surface area (Å²) >= 11 is 0. The van der Waals surface area contributed by atoms with Gasteiger partial charge in [-0.1, -0.05) is 36.4 Å². The minimum Gasteiger partial charge on any atom is -0.489 e. The average molecular weight is 459 g/mol. The highest BCUT2D eigenvalue weighted by Crippen LogP contribution is 2.35. The minimum absolute atomic E-state index is 0.0185. The smallest absolute Gasteiger partial charge is 0.231 e. The number of amides is 2. The van der Waals surface area contributed by atoms with Crippen LogP contribution in [0.2, 0.25) is 0 Å². The van der Waals surface area contributed by atoms with Crippen molar-refractivity contribution in [2.45, 2.75) is 32.4 Å². The second-order valence-corrected chi connectivity index (χ2v) is 8.43. The molecule has 3 aromatic carbocycles. The molecule has 2 amide bonds. The molecule has 0 saturated carbocycles. The summed E-state index contributed by atoms with van der Waals surface area (Å²) in [5, 5.41) is 2.98. The van der Waals surface area contributed by atoms with Crippen molar-refractivity contribution in [2.75, 3.05) is 18.7 Å². The van der Waals surface area contributed by atoms with E-state index in [2.05, 4.69) is 11.4 Å². The number of ether oxygens (including phenoxy) is 3. The van der Waals surface area contributed by atoms with Gasteiger partial charge in [0.15, 0.2) is 11.5 Å². The Labute approximate surface area is 198 Å². The first kappa shape index (κ1) is 21.8. The summed E-state index contributed by atoms with van der Waals surface area (Å²) in [6.45, 7) is 2.74. The van der Waals surface area contributed by atoms with Crippen molar-refractivity contribution < 1.29 is 23.8 Å². The molecular formula is C27H26N2O5. The van der Waals surface area contributed by atoms with Gasteiger partial charge in [0.2, 0.25) is 18.6 Å². The summed E-state index contributed by atoms with van der Waals surface area (Å²) in [6, 6.07) is 20.8. The van der Waals surface area contributed by atoms with E-state index in [0.29, 0.717) is 36.1 Å². The lowest BCUT2D eigenvalue weighted by Crippen LogP contribution is -2.40. The summed E-state index contributed by atoms with van der Waals surface area (Å²) in [5.41, 5.74) is 3.85. The zero-order valence-corrected chi connectivity index (χ0v) is 19.0. The molecule has 2 aliphatic rings. The predicted molar refractivity (Wildman–Crippen MR) is 127 cm³/mol. The van der Waals surface area contributed by atoms with Crippen LogP contribution in [0.4, 0.5) is 5.69 Å². The molecule has 0 saturated heterocycles. The molecule has 0 spiro atoms. The molecule has 3 aromatic rings. The van der Waals surface area contributed by atoms with Crippen LogP contribution in [-0.4, -0.2) is 30.1 Å². The van der Waals surface area contributed by atoms with Gasteiger partial charge in [-0.3, -0.25) is 9.59 Å². The Bertz CT molecular complexity index is 1230. The Kier molecular flexibility index (Phi) is 6.08. The highest BCUT2D eigenvalue weighted by molar-refractivity contribution is 5.91. The number of carbonyl (C=O) groups excluding carboxylic acids is 2. The lowest BCUT2D eigenvalue weighted by Gasteiger charge is -2.36. The summed E-state index contributed by atoms with van der Waals surface area (Å²) < 4.78 is 16.6. The van der Waals surface area contributed by atoms with E-state index in [1.807, 2.05) is 54.6 Å². The van der Waals surface area contributed by atoms with E-state index in [-0.39, 0.29) is 31.1 Å². The van der Waals surface area contributed by atoms with Crippen LogP contribution in [0.5, 0.6) is 17.2 Å². The second-order valence-electron chi connectivity index (χ2n) is 8.43. The molecule has 34 heavy (non-hydrogen) atoms. The normalized spacial score (nSPS) is 16.0. The van der Waals surface area contributed by atoms with Gasteiger partial charge in [0.25, 0.3) is 0 Å². The van der Waals surface area contributed by atoms with Crippen molar-refractivity contribution in [2.24, 2.45) is 0 Å². The number of nitrogens with zero attached hydrogens (tertiary/aromatic N) is 1. The van der Waals surface area contributed by atoms with Gasteiger partial charge in [0.05, 0.1) is 12.5 Å². The number of hydrogen-bond acceptors (Lipinski definition) is 5. The van der Waals surface area contributed by atoms with Gasteiger partial charge in [-0.05, 0) is 47.4 Å². The van der Waals surface area contributed by atoms with Crippen molar-refractivity contribution in [1.29, 1.82) is 0 Å². The number of carbonyl (C=O) groups is 2. The van der Waals surface area contributed by atoms with Crippen LogP contribution in [0.3, 0.4) is 0 Å². The highest BCUT2D eigenvalue weighted by Gasteiger charge is 2.30.